The standard InChI is InChI=1S/C13H23N3O3S/c1-11(2)14-8-4-5-9-20(17,18)16-12-6-7-13(19-3)15-10-12/h6-7,10-11,14,16H,4-5,8-9H2,1-3H3. The monoisotopic (exact) mass is 301 g/mol. The summed E-state index contributed by atoms with van der Waals surface area (Å²) in [5.41, 5.74) is 0.450. The van der Waals surface area contributed by atoms with Crippen molar-refractivity contribution in [2.75, 3.05) is 24.1 Å². The summed E-state index contributed by atoms with van der Waals surface area (Å²) in [6.45, 7) is 4.96. The zero-order valence-electron chi connectivity index (χ0n) is 12.2. The molecule has 0 aliphatic heterocycles. The highest BCUT2D eigenvalue weighted by atomic mass is 32.2. The number of methoxy groups -OCH3 is 1. The highest BCUT2D eigenvalue weighted by Crippen LogP contribution is 2.13. The average molecular weight is 301 g/mol. The molecular weight excluding hydrogens is 278 g/mol. The minimum Gasteiger partial charge on any atom is -0.481 e. The predicted octanol–water partition coefficient (Wildman–Crippen LogP) is 1.61. The minimum absolute atomic E-state index is 0.110. The first-order valence-corrected chi connectivity index (χ1v) is 8.32. The summed E-state index contributed by atoms with van der Waals surface area (Å²) < 4.78 is 31.1. The van der Waals surface area contributed by atoms with Gasteiger partial charge in [0, 0.05) is 12.1 Å². The fourth-order valence-electron chi connectivity index (χ4n) is 1.60. The number of sulfonamides is 1. The predicted molar refractivity (Wildman–Crippen MR) is 80.6 cm³/mol. The van der Waals surface area contributed by atoms with Gasteiger partial charge in [0.15, 0.2) is 0 Å². The number of unbranched alkanes of at least 4 members (excludes halogenated alkanes) is 1. The Kier molecular flexibility index (Phi) is 6.74. The van der Waals surface area contributed by atoms with E-state index in [-0.39, 0.29) is 5.75 Å². The molecule has 0 unspecified atom stereocenters. The van der Waals surface area contributed by atoms with Crippen molar-refractivity contribution < 1.29 is 13.2 Å². The van der Waals surface area contributed by atoms with Crippen LogP contribution >= 0.6 is 0 Å². The van der Waals surface area contributed by atoms with Gasteiger partial charge in [-0.2, -0.15) is 0 Å². The summed E-state index contributed by atoms with van der Waals surface area (Å²) in [6.07, 6.45) is 2.90. The molecule has 0 saturated heterocycles. The summed E-state index contributed by atoms with van der Waals surface area (Å²) in [4.78, 5) is 3.95. The van der Waals surface area contributed by atoms with Gasteiger partial charge >= 0.3 is 0 Å². The van der Waals surface area contributed by atoms with Crippen LogP contribution in [0, 0.1) is 0 Å². The normalized spacial score (nSPS) is 11.6. The average Bonchev–Trinajstić information content (AvgIpc) is 2.38. The molecule has 1 rings (SSSR count). The van der Waals surface area contributed by atoms with Gasteiger partial charge in [0.25, 0.3) is 0 Å². The molecule has 1 aromatic rings. The van der Waals surface area contributed by atoms with Gasteiger partial charge in [-0.15, -0.1) is 0 Å². The van der Waals surface area contributed by atoms with Crippen LogP contribution in [0.1, 0.15) is 26.7 Å². The van der Waals surface area contributed by atoms with E-state index in [2.05, 4.69) is 28.9 Å². The van der Waals surface area contributed by atoms with Crippen molar-refractivity contribution >= 4 is 15.7 Å². The van der Waals surface area contributed by atoms with Crippen molar-refractivity contribution in [1.29, 1.82) is 0 Å². The SMILES string of the molecule is COc1ccc(NS(=O)(=O)CCCCNC(C)C)cn1. The lowest BCUT2D eigenvalue weighted by Gasteiger charge is -2.09. The van der Waals surface area contributed by atoms with E-state index >= 15 is 0 Å². The van der Waals surface area contributed by atoms with Gasteiger partial charge in [-0.1, -0.05) is 13.8 Å². The topological polar surface area (TPSA) is 80.3 Å². The first kappa shape index (κ1) is 16.7. The van der Waals surface area contributed by atoms with Crippen LogP contribution in [0.2, 0.25) is 0 Å². The van der Waals surface area contributed by atoms with Gasteiger partial charge in [0.1, 0.15) is 0 Å². The highest BCUT2D eigenvalue weighted by molar-refractivity contribution is 7.92. The van der Waals surface area contributed by atoms with E-state index in [1.54, 1.807) is 12.1 Å². The maximum absolute atomic E-state index is 11.9. The molecule has 0 fully saturated rings. The van der Waals surface area contributed by atoms with Crippen LogP contribution in [0.15, 0.2) is 18.3 Å². The first-order valence-electron chi connectivity index (χ1n) is 6.67. The van der Waals surface area contributed by atoms with E-state index in [1.165, 1.54) is 13.3 Å². The van der Waals surface area contributed by atoms with Gasteiger partial charge in [-0.3, -0.25) is 4.72 Å². The first-order chi connectivity index (χ1) is 9.43. The van der Waals surface area contributed by atoms with Crippen LogP contribution in [0.25, 0.3) is 0 Å². The third-order valence-electron chi connectivity index (χ3n) is 2.61. The molecule has 0 spiro atoms. The second kappa shape index (κ2) is 8.06. The molecule has 0 bridgehead atoms. The number of nitrogens with zero attached hydrogens (tertiary/aromatic N) is 1. The van der Waals surface area contributed by atoms with E-state index in [4.69, 9.17) is 4.74 Å². The third kappa shape index (κ3) is 6.72. The van der Waals surface area contributed by atoms with Gasteiger partial charge < -0.3 is 10.1 Å². The van der Waals surface area contributed by atoms with Crippen molar-refractivity contribution in [2.45, 2.75) is 32.7 Å². The van der Waals surface area contributed by atoms with Crippen LogP contribution in [0.3, 0.4) is 0 Å². The van der Waals surface area contributed by atoms with Crippen molar-refractivity contribution in [3.8, 4) is 5.88 Å². The van der Waals surface area contributed by atoms with Crippen molar-refractivity contribution in [3.63, 3.8) is 0 Å². The van der Waals surface area contributed by atoms with Gasteiger partial charge in [0.05, 0.1) is 24.7 Å². The Morgan fingerprint density at radius 3 is 2.60 bits per heavy atom. The molecule has 114 valence electrons. The molecule has 0 aromatic carbocycles. The molecular formula is C13H23N3O3S. The van der Waals surface area contributed by atoms with Crippen molar-refractivity contribution in [3.05, 3.63) is 18.3 Å². The van der Waals surface area contributed by atoms with E-state index in [1.807, 2.05) is 0 Å². The van der Waals surface area contributed by atoms with Crippen molar-refractivity contribution in [1.82, 2.24) is 10.3 Å². The van der Waals surface area contributed by atoms with E-state index < -0.39 is 10.0 Å². The van der Waals surface area contributed by atoms with E-state index in [9.17, 15) is 8.42 Å². The molecule has 1 heterocycles. The highest BCUT2D eigenvalue weighted by Gasteiger charge is 2.10. The quantitative estimate of drug-likeness (QED) is 0.677. The van der Waals surface area contributed by atoms with Crippen molar-refractivity contribution in [2.24, 2.45) is 0 Å². The lowest BCUT2D eigenvalue weighted by molar-refractivity contribution is 0.398. The van der Waals surface area contributed by atoms with Gasteiger partial charge in [-0.25, -0.2) is 13.4 Å². The Labute approximate surface area is 121 Å². The maximum Gasteiger partial charge on any atom is 0.232 e. The maximum atomic E-state index is 11.9. The summed E-state index contributed by atoms with van der Waals surface area (Å²) in [7, 11) is -1.80. The summed E-state index contributed by atoms with van der Waals surface area (Å²) in [6, 6.07) is 3.67. The molecule has 0 radical (unpaired) electrons. The summed E-state index contributed by atoms with van der Waals surface area (Å²) >= 11 is 0. The molecule has 20 heavy (non-hydrogen) atoms. The number of hydrogen-bond donors (Lipinski definition) is 2. The third-order valence-corrected chi connectivity index (χ3v) is 3.98. The fraction of sp³-hybridized carbons (Fsp3) is 0.615. The molecule has 0 amide bonds. The van der Waals surface area contributed by atoms with Crippen LogP contribution in [0.5, 0.6) is 5.88 Å². The Morgan fingerprint density at radius 2 is 2.05 bits per heavy atom. The second-order valence-corrected chi connectivity index (χ2v) is 6.67. The number of rotatable bonds is 9. The smallest absolute Gasteiger partial charge is 0.232 e. The lowest BCUT2D eigenvalue weighted by Crippen LogP contribution is -2.24. The van der Waals surface area contributed by atoms with Crippen LogP contribution in [0.4, 0.5) is 5.69 Å². The van der Waals surface area contributed by atoms with Crippen LogP contribution in [-0.4, -0.2) is 38.9 Å². The number of aromatic nitrogens is 1. The molecule has 6 nitrogen and oxygen atoms in total. The fourth-order valence-corrected chi connectivity index (χ4v) is 2.77. The molecule has 0 saturated carbocycles. The largest absolute Gasteiger partial charge is 0.481 e. The Balaban J connectivity index is 2.36. The molecule has 7 heteroatoms. The molecule has 1 aromatic heterocycles. The van der Waals surface area contributed by atoms with Crippen LogP contribution < -0.4 is 14.8 Å². The summed E-state index contributed by atoms with van der Waals surface area (Å²) in [5.74, 6) is 0.562. The number of nitrogens with one attached hydrogen (secondary N) is 2. The molecule has 2 N–H and O–H groups in total. The van der Waals surface area contributed by atoms with Gasteiger partial charge in [0.2, 0.25) is 15.9 Å². The molecule has 0 aliphatic carbocycles. The lowest BCUT2D eigenvalue weighted by atomic mass is 10.3. The number of anilines is 1. The Hall–Kier alpha value is -1.34. The number of hydrogen-bond acceptors (Lipinski definition) is 5. The number of pyridine rings is 1. The summed E-state index contributed by atoms with van der Waals surface area (Å²) in [5, 5.41) is 3.25. The number of ether oxygens (including phenoxy) is 1. The second-order valence-electron chi connectivity index (χ2n) is 4.83. The Morgan fingerprint density at radius 1 is 1.30 bits per heavy atom. The minimum atomic E-state index is -3.31. The molecule has 0 atom stereocenters. The van der Waals surface area contributed by atoms with E-state index in [0.29, 0.717) is 24.0 Å². The molecule has 0 aliphatic rings. The van der Waals surface area contributed by atoms with Gasteiger partial charge in [-0.05, 0) is 25.5 Å². The zero-order chi connectivity index (χ0) is 15.0. The zero-order valence-corrected chi connectivity index (χ0v) is 13.0. The van der Waals surface area contributed by atoms with E-state index in [0.717, 1.165) is 13.0 Å². The Bertz CT molecular complexity index is 486. The van der Waals surface area contributed by atoms with Crippen LogP contribution in [-0.2, 0) is 10.0 Å².